The summed E-state index contributed by atoms with van der Waals surface area (Å²) in [6.07, 6.45) is 0. The van der Waals surface area contributed by atoms with E-state index < -0.39 is 0 Å². The van der Waals surface area contributed by atoms with Crippen LogP contribution in [0.25, 0.3) is 11.4 Å². The zero-order valence-corrected chi connectivity index (χ0v) is 17.2. The molecule has 0 radical (unpaired) electrons. The molecule has 1 aromatic heterocycles. The Balaban J connectivity index is 1.58. The zero-order chi connectivity index (χ0) is 20.1. The van der Waals surface area contributed by atoms with Gasteiger partial charge in [0.05, 0.1) is 18.1 Å². The summed E-state index contributed by atoms with van der Waals surface area (Å²) in [5.41, 5.74) is 3.81. The molecular formula is C21H23N3O3S. The Kier molecular flexibility index (Phi) is 6.36. The highest BCUT2D eigenvalue weighted by Crippen LogP contribution is 2.24. The molecule has 0 aliphatic heterocycles. The quantitative estimate of drug-likeness (QED) is 0.627. The number of thioether (sulfide) groups is 1. The number of aromatic nitrogens is 2. The van der Waals surface area contributed by atoms with Gasteiger partial charge in [-0.3, -0.25) is 4.79 Å². The second-order valence-corrected chi connectivity index (χ2v) is 7.83. The maximum atomic E-state index is 12.5. The molecule has 1 amide bonds. The number of nitrogens with zero attached hydrogens (tertiary/aromatic N) is 2. The van der Waals surface area contributed by atoms with Crippen LogP contribution in [0, 0.1) is 13.8 Å². The number of amides is 1. The number of aryl methyl sites for hydroxylation is 2. The topological polar surface area (TPSA) is 77.2 Å². The van der Waals surface area contributed by atoms with Gasteiger partial charge >= 0.3 is 0 Å². The minimum Gasteiger partial charge on any atom is -0.497 e. The summed E-state index contributed by atoms with van der Waals surface area (Å²) in [5.74, 6) is 2.12. The van der Waals surface area contributed by atoms with Gasteiger partial charge in [-0.05, 0) is 50.1 Å². The van der Waals surface area contributed by atoms with Crippen molar-refractivity contribution >= 4 is 23.4 Å². The highest BCUT2D eigenvalue weighted by molar-refractivity contribution is 7.99. The lowest BCUT2D eigenvalue weighted by Gasteiger charge is -2.13. The summed E-state index contributed by atoms with van der Waals surface area (Å²) < 4.78 is 10.5. The average Bonchev–Trinajstić information content (AvgIpc) is 3.18. The third-order valence-corrected chi connectivity index (χ3v) is 5.40. The summed E-state index contributed by atoms with van der Waals surface area (Å²) in [4.78, 5) is 16.9. The average molecular weight is 398 g/mol. The number of hydrogen-bond acceptors (Lipinski definition) is 6. The lowest BCUT2D eigenvalue weighted by Crippen LogP contribution is -2.23. The van der Waals surface area contributed by atoms with Gasteiger partial charge in [-0.25, -0.2) is 0 Å². The third kappa shape index (κ3) is 4.92. The standard InChI is InChI=1S/C21H23N3O3S/c1-13-8-9-14(2)18(10-13)22-21(25)15(3)28-12-19-23-20(24-27-19)16-6-5-7-17(11-16)26-4/h5-11,15H,12H2,1-4H3,(H,22,25)/t15-/m1/s1. The molecule has 1 heterocycles. The number of nitrogens with one attached hydrogen (secondary N) is 1. The summed E-state index contributed by atoms with van der Waals surface area (Å²) >= 11 is 1.45. The lowest BCUT2D eigenvalue weighted by molar-refractivity contribution is -0.115. The number of ether oxygens (including phenoxy) is 1. The Morgan fingerprint density at radius 2 is 2.07 bits per heavy atom. The van der Waals surface area contributed by atoms with E-state index in [0.29, 0.717) is 17.5 Å². The second-order valence-electron chi connectivity index (χ2n) is 6.50. The van der Waals surface area contributed by atoms with Gasteiger partial charge in [0.15, 0.2) is 0 Å². The van der Waals surface area contributed by atoms with E-state index in [9.17, 15) is 4.79 Å². The van der Waals surface area contributed by atoms with Crippen LogP contribution in [0.15, 0.2) is 47.0 Å². The van der Waals surface area contributed by atoms with E-state index in [2.05, 4.69) is 15.5 Å². The molecule has 28 heavy (non-hydrogen) atoms. The largest absolute Gasteiger partial charge is 0.497 e. The van der Waals surface area contributed by atoms with Crippen molar-refractivity contribution in [2.24, 2.45) is 0 Å². The van der Waals surface area contributed by atoms with Crippen LogP contribution in [0.2, 0.25) is 0 Å². The molecule has 0 unspecified atom stereocenters. The molecule has 0 aliphatic carbocycles. The molecule has 0 bridgehead atoms. The van der Waals surface area contributed by atoms with Crippen LogP contribution in [0.1, 0.15) is 23.9 Å². The molecule has 2 aromatic carbocycles. The predicted octanol–water partition coefficient (Wildman–Crippen LogP) is 4.62. The molecule has 1 N–H and O–H groups in total. The molecule has 7 heteroatoms. The molecule has 0 saturated carbocycles. The smallest absolute Gasteiger partial charge is 0.237 e. The van der Waals surface area contributed by atoms with Gasteiger partial charge in [-0.15, -0.1) is 11.8 Å². The summed E-state index contributed by atoms with van der Waals surface area (Å²) in [7, 11) is 1.61. The Bertz CT molecular complexity index is 971. The molecule has 0 saturated heterocycles. The van der Waals surface area contributed by atoms with Crippen LogP contribution in [-0.4, -0.2) is 28.4 Å². The van der Waals surface area contributed by atoms with Crippen LogP contribution < -0.4 is 10.1 Å². The molecule has 1 atom stereocenters. The molecule has 0 aliphatic rings. The highest BCUT2D eigenvalue weighted by atomic mass is 32.2. The fourth-order valence-electron chi connectivity index (χ4n) is 2.57. The van der Waals surface area contributed by atoms with Crippen LogP contribution in [0.5, 0.6) is 5.75 Å². The minimum absolute atomic E-state index is 0.0498. The first-order chi connectivity index (χ1) is 13.5. The predicted molar refractivity (Wildman–Crippen MR) is 112 cm³/mol. The number of anilines is 1. The van der Waals surface area contributed by atoms with Crippen molar-refractivity contribution in [3.05, 3.63) is 59.5 Å². The third-order valence-electron chi connectivity index (χ3n) is 4.27. The molecule has 6 nitrogen and oxygen atoms in total. The van der Waals surface area contributed by atoms with E-state index in [1.165, 1.54) is 11.8 Å². The first-order valence-corrected chi connectivity index (χ1v) is 9.98. The van der Waals surface area contributed by atoms with Gasteiger partial charge < -0.3 is 14.6 Å². The van der Waals surface area contributed by atoms with E-state index in [1.807, 2.05) is 63.2 Å². The number of hydrogen-bond donors (Lipinski definition) is 1. The first kappa shape index (κ1) is 19.9. The van der Waals surface area contributed by atoms with Gasteiger partial charge in [0.1, 0.15) is 5.75 Å². The highest BCUT2D eigenvalue weighted by Gasteiger charge is 2.17. The molecule has 0 spiro atoms. The van der Waals surface area contributed by atoms with Gasteiger partial charge in [0, 0.05) is 11.3 Å². The molecule has 3 aromatic rings. The van der Waals surface area contributed by atoms with E-state index in [0.717, 1.165) is 28.1 Å². The number of rotatable bonds is 7. The summed E-state index contributed by atoms with van der Waals surface area (Å²) in [6, 6.07) is 13.5. The molecular weight excluding hydrogens is 374 g/mol. The lowest BCUT2D eigenvalue weighted by atomic mass is 10.1. The minimum atomic E-state index is -0.257. The van der Waals surface area contributed by atoms with E-state index in [-0.39, 0.29) is 11.2 Å². The maximum Gasteiger partial charge on any atom is 0.237 e. The number of carbonyl (C=O) groups is 1. The molecule has 146 valence electrons. The molecule has 0 fully saturated rings. The number of benzene rings is 2. The molecule has 3 rings (SSSR count). The Hall–Kier alpha value is -2.80. The SMILES string of the molecule is COc1cccc(-c2noc(CS[C@H](C)C(=O)Nc3cc(C)ccc3C)n2)c1. The van der Waals surface area contributed by atoms with Crippen LogP contribution in [0.4, 0.5) is 5.69 Å². The van der Waals surface area contributed by atoms with Gasteiger partial charge in [-0.1, -0.05) is 29.4 Å². The first-order valence-electron chi connectivity index (χ1n) is 8.93. The van der Waals surface area contributed by atoms with Gasteiger partial charge in [-0.2, -0.15) is 4.98 Å². The fourth-order valence-corrected chi connectivity index (χ4v) is 3.29. The van der Waals surface area contributed by atoms with E-state index in [4.69, 9.17) is 9.26 Å². The van der Waals surface area contributed by atoms with Crippen molar-refractivity contribution in [2.75, 3.05) is 12.4 Å². The van der Waals surface area contributed by atoms with E-state index >= 15 is 0 Å². The van der Waals surface area contributed by atoms with Crippen molar-refractivity contribution in [3.8, 4) is 17.1 Å². The second kappa shape index (κ2) is 8.93. The van der Waals surface area contributed by atoms with Crippen LogP contribution >= 0.6 is 11.8 Å². The number of carbonyl (C=O) groups excluding carboxylic acids is 1. The maximum absolute atomic E-state index is 12.5. The number of methoxy groups -OCH3 is 1. The van der Waals surface area contributed by atoms with Crippen molar-refractivity contribution in [3.63, 3.8) is 0 Å². The van der Waals surface area contributed by atoms with Gasteiger partial charge in [0.2, 0.25) is 17.6 Å². The zero-order valence-electron chi connectivity index (χ0n) is 16.4. The summed E-state index contributed by atoms with van der Waals surface area (Å²) in [5, 5.41) is 6.75. The Labute approximate surface area is 168 Å². The Morgan fingerprint density at radius 1 is 1.25 bits per heavy atom. The summed E-state index contributed by atoms with van der Waals surface area (Å²) in [6.45, 7) is 5.85. The normalized spacial score (nSPS) is 11.9. The van der Waals surface area contributed by atoms with Gasteiger partial charge in [0.25, 0.3) is 0 Å². The van der Waals surface area contributed by atoms with Crippen LogP contribution in [0.3, 0.4) is 0 Å². The van der Waals surface area contributed by atoms with E-state index in [1.54, 1.807) is 7.11 Å². The fraction of sp³-hybridized carbons (Fsp3) is 0.286. The Morgan fingerprint density at radius 3 is 2.86 bits per heavy atom. The van der Waals surface area contributed by atoms with Crippen molar-refractivity contribution in [2.45, 2.75) is 31.8 Å². The van der Waals surface area contributed by atoms with Crippen molar-refractivity contribution in [1.29, 1.82) is 0 Å². The monoisotopic (exact) mass is 397 g/mol. The van der Waals surface area contributed by atoms with Crippen LogP contribution in [-0.2, 0) is 10.5 Å². The van der Waals surface area contributed by atoms with Crippen molar-refractivity contribution in [1.82, 2.24) is 10.1 Å². The van der Waals surface area contributed by atoms with Crippen molar-refractivity contribution < 1.29 is 14.1 Å².